The first-order valence-electron chi connectivity index (χ1n) is 5.64. The average molecular weight is 237 g/mol. The number of aliphatic hydroxyl groups excluding tert-OH is 1. The highest BCUT2D eigenvalue weighted by Gasteiger charge is 2.25. The molecule has 0 heterocycles. The number of ether oxygens (including phenoxy) is 1. The Balaban J connectivity index is 2.84. The number of carbonyl (C=O) groups excluding carboxylic acids is 1. The van der Waals surface area contributed by atoms with Crippen molar-refractivity contribution in [3.05, 3.63) is 34.9 Å². The first kappa shape index (κ1) is 13.7. The summed E-state index contributed by atoms with van der Waals surface area (Å²) in [4.78, 5) is 11.4. The van der Waals surface area contributed by atoms with Crippen LogP contribution in [0.3, 0.4) is 0 Å². The van der Waals surface area contributed by atoms with Gasteiger partial charge in [0.25, 0.3) is 0 Å². The maximum Gasteiger partial charge on any atom is 0.325 e. The quantitative estimate of drug-likeness (QED) is 0.772. The fraction of sp³-hybridized carbons (Fsp3) is 0.462. The summed E-state index contributed by atoms with van der Waals surface area (Å²) in [5.41, 5.74) is 8.46. The minimum atomic E-state index is -1.04. The Morgan fingerprint density at radius 1 is 1.41 bits per heavy atom. The summed E-state index contributed by atoms with van der Waals surface area (Å²) < 4.78 is 4.78. The topological polar surface area (TPSA) is 72.5 Å². The number of aryl methyl sites for hydroxylation is 2. The fourth-order valence-electron chi connectivity index (χ4n) is 1.52. The molecular weight excluding hydrogens is 218 g/mol. The van der Waals surface area contributed by atoms with E-state index in [0.29, 0.717) is 5.56 Å². The Hall–Kier alpha value is -1.39. The monoisotopic (exact) mass is 237 g/mol. The van der Waals surface area contributed by atoms with Crippen LogP contribution in [0, 0.1) is 13.8 Å². The maximum atomic E-state index is 11.4. The highest BCUT2D eigenvalue weighted by atomic mass is 16.5. The van der Waals surface area contributed by atoms with Gasteiger partial charge in [-0.25, -0.2) is 0 Å². The molecule has 0 aliphatic rings. The summed E-state index contributed by atoms with van der Waals surface area (Å²) in [6, 6.07) is 4.45. The van der Waals surface area contributed by atoms with Crippen LogP contribution in [0.25, 0.3) is 0 Å². The van der Waals surface area contributed by atoms with Crippen molar-refractivity contribution in [1.29, 1.82) is 0 Å². The van der Waals surface area contributed by atoms with Crippen LogP contribution in [0.5, 0.6) is 0 Å². The largest absolute Gasteiger partial charge is 0.465 e. The number of hydrogen-bond acceptors (Lipinski definition) is 4. The lowest BCUT2D eigenvalue weighted by atomic mass is 9.99. The normalized spacial score (nSPS) is 14.2. The van der Waals surface area contributed by atoms with E-state index < -0.39 is 18.1 Å². The van der Waals surface area contributed by atoms with Gasteiger partial charge in [0, 0.05) is 0 Å². The van der Waals surface area contributed by atoms with Gasteiger partial charge in [0.2, 0.25) is 0 Å². The standard InChI is InChI=1S/C13H19NO3/c1-4-17-13(16)11(14)12(15)10-6-5-8(2)9(3)7-10/h5-7,11-12,15H,4,14H2,1-3H3/t11-,12+/m0/s1. The smallest absolute Gasteiger partial charge is 0.325 e. The minimum absolute atomic E-state index is 0.256. The van der Waals surface area contributed by atoms with Crippen LogP contribution in [-0.2, 0) is 9.53 Å². The third-order valence-corrected chi connectivity index (χ3v) is 2.77. The number of esters is 1. The Morgan fingerprint density at radius 3 is 2.59 bits per heavy atom. The molecule has 0 aliphatic heterocycles. The molecular formula is C13H19NO3. The van der Waals surface area contributed by atoms with E-state index in [9.17, 15) is 9.90 Å². The van der Waals surface area contributed by atoms with E-state index >= 15 is 0 Å². The summed E-state index contributed by atoms with van der Waals surface area (Å²) in [7, 11) is 0. The van der Waals surface area contributed by atoms with Crippen molar-refractivity contribution >= 4 is 5.97 Å². The summed E-state index contributed by atoms with van der Waals surface area (Å²) in [6.45, 7) is 5.89. The van der Waals surface area contributed by atoms with Gasteiger partial charge in [0.05, 0.1) is 6.61 Å². The second-order valence-electron chi connectivity index (χ2n) is 4.07. The molecule has 0 radical (unpaired) electrons. The fourth-order valence-corrected chi connectivity index (χ4v) is 1.52. The highest BCUT2D eigenvalue weighted by Crippen LogP contribution is 2.19. The number of nitrogens with two attached hydrogens (primary N) is 1. The first-order valence-corrected chi connectivity index (χ1v) is 5.64. The first-order chi connectivity index (χ1) is 7.97. The SMILES string of the molecule is CCOC(=O)[C@@H](N)[C@H](O)c1ccc(C)c(C)c1. The number of carbonyl (C=O) groups is 1. The van der Waals surface area contributed by atoms with Gasteiger partial charge in [0.1, 0.15) is 12.1 Å². The molecule has 0 saturated heterocycles. The molecule has 1 rings (SSSR count). The second kappa shape index (κ2) is 5.80. The van der Waals surface area contributed by atoms with Crippen LogP contribution in [-0.4, -0.2) is 23.7 Å². The van der Waals surface area contributed by atoms with Crippen molar-refractivity contribution < 1.29 is 14.6 Å². The molecule has 1 aromatic carbocycles. The van der Waals surface area contributed by atoms with Gasteiger partial charge < -0.3 is 15.6 Å². The van der Waals surface area contributed by atoms with E-state index in [1.165, 1.54) is 0 Å². The third kappa shape index (κ3) is 3.28. The Morgan fingerprint density at radius 2 is 2.06 bits per heavy atom. The second-order valence-corrected chi connectivity index (χ2v) is 4.07. The van der Waals surface area contributed by atoms with Crippen molar-refractivity contribution in [2.45, 2.75) is 32.9 Å². The molecule has 0 unspecified atom stereocenters. The van der Waals surface area contributed by atoms with Crippen LogP contribution in [0.15, 0.2) is 18.2 Å². The number of benzene rings is 1. The van der Waals surface area contributed by atoms with Crippen LogP contribution >= 0.6 is 0 Å². The molecule has 94 valence electrons. The molecule has 0 saturated carbocycles. The zero-order valence-corrected chi connectivity index (χ0v) is 10.4. The summed E-state index contributed by atoms with van der Waals surface area (Å²) >= 11 is 0. The number of rotatable bonds is 4. The van der Waals surface area contributed by atoms with Gasteiger partial charge in [0.15, 0.2) is 0 Å². The zero-order chi connectivity index (χ0) is 13.0. The minimum Gasteiger partial charge on any atom is -0.465 e. The predicted octanol–water partition coefficient (Wildman–Crippen LogP) is 1.23. The van der Waals surface area contributed by atoms with Crippen molar-refractivity contribution in [1.82, 2.24) is 0 Å². The summed E-state index contributed by atoms with van der Waals surface area (Å²) in [6.07, 6.45) is -1.03. The van der Waals surface area contributed by atoms with Gasteiger partial charge in [-0.3, -0.25) is 4.79 Å². The molecule has 0 fully saturated rings. The van der Waals surface area contributed by atoms with E-state index in [1.807, 2.05) is 26.0 Å². The molecule has 4 heteroatoms. The van der Waals surface area contributed by atoms with Gasteiger partial charge in [-0.05, 0) is 37.5 Å². The van der Waals surface area contributed by atoms with E-state index in [-0.39, 0.29) is 6.61 Å². The molecule has 0 spiro atoms. The van der Waals surface area contributed by atoms with Crippen LogP contribution in [0.1, 0.15) is 29.7 Å². The lowest BCUT2D eigenvalue weighted by Crippen LogP contribution is -2.38. The molecule has 17 heavy (non-hydrogen) atoms. The van der Waals surface area contributed by atoms with Gasteiger partial charge in [-0.2, -0.15) is 0 Å². The summed E-state index contributed by atoms with van der Waals surface area (Å²) in [5, 5.41) is 9.98. The summed E-state index contributed by atoms with van der Waals surface area (Å²) in [5.74, 6) is -0.585. The van der Waals surface area contributed by atoms with Crippen LogP contribution in [0.4, 0.5) is 0 Å². The average Bonchev–Trinajstić information content (AvgIpc) is 2.31. The molecule has 0 aliphatic carbocycles. The molecule has 4 nitrogen and oxygen atoms in total. The molecule has 3 N–H and O–H groups in total. The Kier molecular flexibility index (Phi) is 4.66. The molecule has 0 amide bonds. The van der Waals surface area contributed by atoms with Crippen molar-refractivity contribution in [3.8, 4) is 0 Å². The number of aliphatic hydroxyl groups is 1. The predicted molar refractivity (Wildman–Crippen MR) is 65.5 cm³/mol. The van der Waals surface area contributed by atoms with Crippen LogP contribution < -0.4 is 5.73 Å². The van der Waals surface area contributed by atoms with E-state index in [0.717, 1.165) is 11.1 Å². The highest BCUT2D eigenvalue weighted by molar-refractivity contribution is 5.76. The zero-order valence-electron chi connectivity index (χ0n) is 10.4. The third-order valence-electron chi connectivity index (χ3n) is 2.77. The number of hydrogen-bond donors (Lipinski definition) is 2. The lowest BCUT2D eigenvalue weighted by molar-refractivity contribution is -0.147. The maximum absolute atomic E-state index is 11.4. The lowest BCUT2D eigenvalue weighted by Gasteiger charge is -2.18. The van der Waals surface area contributed by atoms with Crippen molar-refractivity contribution in [2.24, 2.45) is 5.73 Å². The Labute approximate surface area is 101 Å². The molecule has 1 aromatic rings. The van der Waals surface area contributed by atoms with E-state index in [4.69, 9.17) is 10.5 Å². The van der Waals surface area contributed by atoms with Gasteiger partial charge in [-0.15, -0.1) is 0 Å². The van der Waals surface area contributed by atoms with E-state index in [1.54, 1.807) is 13.0 Å². The van der Waals surface area contributed by atoms with Gasteiger partial charge in [-0.1, -0.05) is 18.2 Å². The van der Waals surface area contributed by atoms with E-state index in [2.05, 4.69) is 0 Å². The molecule has 0 aromatic heterocycles. The van der Waals surface area contributed by atoms with Gasteiger partial charge >= 0.3 is 5.97 Å². The van der Waals surface area contributed by atoms with Crippen molar-refractivity contribution in [3.63, 3.8) is 0 Å². The molecule has 2 atom stereocenters. The Bertz CT molecular complexity index is 404. The molecule has 0 bridgehead atoms. The van der Waals surface area contributed by atoms with Crippen molar-refractivity contribution in [2.75, 3.05) is 6.61 Å². The van der Waals surface area contributed by atoms with Crippen LogP contribution in [0.2, 0.25) is 0 Å².